The molecule has 9 aromatic carbocycles. The lowest BCUT2D eigenvalue weighted by molar-refractivity contribution is 1.06. The van der Waals surface area contributed by atoms with Crippen LogP contribution in [0.25, 0.3) is 130 Å². The monoisotopic (exact) mass is 1010 g/mol. The molecular weight excluding hydrogens is 985 g/mol. The molecule has 0 unspecified atom stereocenters. The second-order valence-corrected chi connectivity index (χ2v) is 18.7. The van der Waals surface area contributed by atoms with Crippen LogP contribution in [-0.4, -0.2) is 14.1 Å². The number of hydrogen-bond donors (Lipinski definition) is 0. The van der Waals surface area contributed by atoms with E-state index < -0.39 is 0 Å². The highest BCUT2D eigenvalue weighted by molar-refractivity contribution is 6.14. The van der Waals surface area contributed by atoms with Crippen molar-refractivity contribution in [3.63, 3.8) is 0 Å². The molecule has 0 bridgehead atoms. The van der Waals surface area contributed by atoms with Crippen molar-refractivity contribution < 1.29 is 0 Å². The van der Waals surface area contributed by atoms with Crippen LogP contribution in [0.5, 0.6) is 0 Å². The summed E-state index contributed by atoms with van der Waals surface area (Å²) in [6.45, 7) is 31.2. The van der Waals surface area contributed by atoms with Crippen LogP contribution in [-0.2, 0) is 0 Å². The number of pyridine rings is 1. The smallest absolute Gasteiger partial charge is 0.196 e. The highest BCUT2D eigenvalue weighted by Gasteiger charge is 2.23. The van der Waals surface area contributed by atoms with Gasteiger partial charge in [-0.15, -0.1) is 0 Å². The van der Waals surface area contributed by atoms with Crippen molar-refractivity contribution in [2.45, 2.75) is 0 Å². The number of rotatable bonds is 7. The molecule has 3 aromatic heterocycles. The van der Waals surface area contributed by atoms with Crippen molar-refractivity contribution in [1.29, 1.82) is 26.3 Å². The summed E-state index contributed by atoms with van der Waals surface area (Å²) in [6.07, 6.45) is 1.82. The van der Waals surface area contributed by atoms with Crippen LogP contribution in [0.15, 0.2) is 182 Å². The van der Waals surface area contributed by atoms with E-state index in [1.807, 2.05) is 103 Å². The summed E-state index contributed by atoms with van der Waals surface area (Å²) in [5.41, 5.74) is 14.1. The summed E-state index contributed by atoms with van der Waals surface area (Å²) < 4.78 is 4.18. The van der Waals surface area contributed by atoms with Gasteiger partial charge in [0, 0.05) is 49.4 Å². The molecule has 0 saturated carbocycles. The van der Waals surface area contributed by atoms with Gasteiger partial charge in [0.25, 0.3) is 0 Å². The number of aromatic nitrogens is 3. The quantitative estimate of drug-likeness (QED) is 0.145. The average Bonchev–Trinajstić information content (AvgIpc) is 4.12. The molecular formula is C68H30N12. The molecule has 80 heavy (non-hydrogen) atoms. The van der Waals surface area contributed by atoms with Crippen molar-refractivity contribution in [1.82, 2.24) is 14.1 Å². The van der Waals surface area contributed by atoms with E-state index in [1.54, 1.807) is 78.9 Å². The molecule has 0 radical (unpaired) electrons. The van der Waals surface area contributed by atoms with Crippen LogP contribution >= 0.6 is 0 Å². The summed E-state index contributed by atoms with van der Waals surface area (Å²) in [7, 11) is 0. The molecule has 0 aliphatic heterocycles. The fraction of sp³-hybridized carbons (Fsp3) is 0. The molecule has 0 fully saturated rings. The minimum Gasteiger partial charge on any atom is -0.307 e. The zero-order valence-corrected chi connectivity index (χ0v) is 41.7. The normalized spacial score (nSPS) is 10.6. The minimum absolute atomic E-state index is 0.327. The molecule has 0 spiro atoms. The van der Waals surface area contributed by atoms with E-state index >= 15 is 0 Å². The van der Waals surface area contributed by atoms with E-state index in [0.29, 0.717) is 84.3 Å². The number of nitriles is 5. The lowest BCUT2D eigenvalue weighted by Gasteiger charge is -2.17. The third-order valence-electron chi connectivity index (χ3n) is 14.4. The summed E-state index contributed by atoms with van der Waals surface area (Å²) in [6, 6.07) is 64.5. The molecule has 12 nitrogen and oxygen atoms in total. The lowest BCUT2D eigenvalue weighted by Crippen LogP contribution is -2.03. The molecule has 3 heterocycles. The number of nitrogens with zero attached hydrogens (tertiary/aromatic N) is 12. The second kappa shape index (κ2) is 19.4. The van der Waals surface area contributed by atoms with E-state index in [0.717, 1.165) is 77.0 Å². The Bertz CT molecular complexity index is 4880. The maximum atomic E-state index is 10.3. The maximum Gasteiger partial charge on any atom is 0.196 e. The van der Waals surface area contributed by atoms with E-state index in [4.69, 9.17) is 31.3 Å². The second-order valence-electron chi connectivity index (χ2n) is 18.7. The maximum absolute atomic E-state index is 10.3. The number of hydrogen-bond acceptors (Lipinski definition) is 6. The first kappa shape index (κ1) is 48.1. The Labute approximate surface area is 457 Å². The SMILES string of the molecule is [C-]#[N+]c1ccc(-c2ccc3c(c2)c2cc(-c4ccc(C#N)cc4[N+]#[C-])ccc2n3-c2cc(-c3cccc(C#N)c3)c(-n3c4ccc(-c5ccc([N+]#[C-])cc5C#N)cc4c4cc(-c5ccc(C#N)cc5[N+]#[C-])ccc43)cn2)c(C#N)c1. The Morgan fingerprint density at radius 2 is 0.762 bits per heavy atom. The molecule has 0 saturated heterocycles. The van der Waals surface area contributed by atoms with Crippen LogP contribution in [0.4, 0.5) is 22.7 Å². The van der Waals surface area contributed by atoms with Gasteiger partial charge in [0.05, 0.1) is 96.1 Å². The molecule has 0 atom stereocenters. The first-order chi connectivity index (χ1) is 39.2. The largest absolute Gasteiger partial charge is 0.307 e. The van der Waals surface area contributed by atoms with Gasteiger partial charge >= 0.3 is 0 Å². The predicted octanol–water partition coefficient (Wildman–Crippen LogP) is 17.2. The van der Waals surface area contributed by atoms with Gasteiger partial charge in [-0.1, -0.05) is 72.8 Å². The van der Waals surface area contributed by atoms with Crippen LogP contribution in [0.1, 0.15) is 27.8 Å². The third-order valence-corrected chi connectivity index (χ3v) is 14.4. The van der Waals surface area contributed by atoms with Gasteiger partial charge < -0.3 is 4.57 Å². The summed E-state index contributed by atoms with van der Waals surface area (Å²) in [5.74, 6) is 0.538. The van der Waals surface area contributed by atoms with Gasteiger partial charge in [-0.2, -0.15) is 26.3 Å². The zero-order chi connectivity index (χ0) is 55.2. The first-order valence-corrected chi connectivity index (χ1v) is 24.6. The van der Waals surface area contributed by atoms with Crippen LogP contribution in [0.2, 0.25) is 0 Å². The van der Waals surface area contributed by atoms with Crippen molar-refractivity contribution in [2.24, 2.45) is 0 Å². The number of fused-ring (bicyclic) bond motifs is 6. The van der Waals surface area contributed by atoms with Crippen molar-refractivity contribution in [3.05, 3.63) is 256 Å². The topological polar surface area (TPSA) is 159 Å². The van der Waals surface area contributed by atoms with E-state index in [1.165, 1.54) is 0 Å². The molecule has 12 aromatic rings. The first-order valence-electron chi connectivity index (χ1n) is 24.6. The molecule has 0 amide bonds. The fourth-order valence-corrected chi connectivity index (χ4v) is 10.7. The zero-order valence-electron chi connectivity index (χ0n) is 41.7. The Hall–Kier alpha value is -12.9. The Morgan fingerprint density at radius 3 is 1.19 bits per heavy atom. The molecule has 0 aliphatic carbocycles. The van der Waals surface area contributed by atoms with Gasteiger partial charge in [-0.05, 0) is 153 Å². The fourth-order valence-electron chi connectivity index (χ4n) is 10.7. The van der Waals surface area contributed by atoms with E-state index in [2.05, 4.69) is 58.9 Å². The van der Waals surface area contributed by atoms with Gasteiger partial charge in [0.15, 0.2) is 22.7 Å². The van der Waals surface area contributed by atoms with Gasteiger partial charge in [-0.25, -0.2) is 24.4 Å². The van der Waals surface area contributed by atoms with Crippen molar-refractivity contribution in [3.8, 4) is 97.5 Å². The van der Waals surface area contributed by atoms with Gasteiger partial charge in [-0.3, -0.25) is 4.57 Å². The van der Waals surface area contributed by atoms with Crippen molar-refractivity contribution in [2.75, 3.05) is 0 Å². The Morgan fingerprint density at radius 1 is 0.350 bits per heavy atom. The average molecular weight is 1020 g/mol. The molecule has 12 rings (SSSR count). The minimum atomic E-state index is 0.327. The molecule has 0 aliphatic rings. The molecule has 362 valence electrons. The lowest BCUT2D eigenvalue weighted by atomic mass is 9.97. The van der Waals surface area contributed by atoms with Crippen LogP contribution < -0.4 is 0 Å². The third kappa shape index (κ3) is 7.90. The van der Waals surface area contributed by atoms with E-state index in [-0.39, 0.29) is 0 Å². The Kier molecular flexibility index (Phi) is 11.7. The molecule has 0 N–H and O–H groups in total. The van der Waals surface area contributed by atoms with E-state index in [9.17, 15) is 26.3 Å². The molecule has 12 heteroatoms. The summed E-state index contributed by atoms with van der Waals surface area (Å²) in [4.78, 5) is 20.0. The van der Waals surface area contributed by atoms with Crippen LogP contribution in [0, 0.1) is 82.9 Å². The highest BCUT2D eigenvalue weighted by Crippen LogP contribution is 2.44. The van der Waals surface area contributed by atoms with Gasteiger partial charge in [0.1, 0.15) is 5.82 Å². The summed E-state index contributed by atoms with van der Waals surface area (Å²) in [5, 5.41) is 53.5. The van der Waals surface area contributed by atoms with Crippen LogP contribution in [0.3, 0.4) is 0 Å². The van der Waals surface area contributed by atoms with Gasteiger partial charge in [0.2, 0.25) is 0 Å². The predicted molar refractivity (Wildman–Crippen MR) is 309 cm³/mol. The Balaban J connectivity index is 1.13. The number of benzene rings is 9. The highest BCUT2D eigenvalue weighted by atomic mass is 15.1. The van der Waals surface area contributed by atoms with Crippen molar-refractivity contribution >= 4 is 66.4 Å². The standard InChI is InChI=1S/C68H30N12/c1-74-50-14-18-52(48(27-50)37-72)44-10-20-63-57(29-44)58-31-46(54-16-8-41(35-70)25-61(54)76-3)12-21-64(58)79(63)67-39-78-68(33-56(67)43-7-5-6-40(24-43)34-69)80-65-22-11-45(53-19-15-51(75-2)28-49(53)38-73)30-59(65)60-32-47(13-23-66(60)80)55-17-9-42(36-71)26-62(55)77-4/h5-33,39H. The summed E-state index contributed by atoms with van der Waals surface area (Å²) >= 11 is 0.